The molecule has 0 radical (unpaired) electrons. The summed E-state index contributed by atoms with van der Waals surface area (Å²) in [6, 6.07) is 3.29. The minimum Gasteiger partial charge on any atom is -0.507 e. The number of aryl methyl sites for hydroxylation is 1. The first-order valence-corrected chi connectivity index (χ1v) is 3.87. The molecule has 1 rings (SSSR count). The molecule has 0 fully saturated rings. The summed E-state index contributed by atoms with van der Waals surface area (Å²) in [5, 5.41) is 31.9. The Kier molecular flexibility index (Phi) is 3.06. The highest BCUT2D eigenvalue weighted by Gasteiger charge is 2.05. The van der Waals surface area contributed by atoms with Gasteiger partial charge >= 0.3 is 0 Å². The molecule has 0 heterocycles. The van der Waals surface area contributed by atoms with E-state index in [1.54, 1.807) is 12.1 Å². The van der Waals surface area contributed by atoms with Crippen LogP contribution in [-0.4, -0.2) is 28.0 Å². The molecule has 0 aliphatic carbocycles. The average Bonchev–Trinajstić information content (AvgIpc) is 2.14. The molecule has 0 spiro atoms. The summed E-state index contributed by atoms with van der Waals surface area (Å²) in [7, 11) is 0. The zero-order chi connectivity index (χ0) is 10.6. The zero-order valence-corrected chi connectivity index (χ0v) is 7.55. The maximum atomic E-state index is 9.57. The van der Waals surface area contributed by atoms with Gasteiger partial charge < -0.3 is 15.5 Å². The number of hydrogen-bond acceptors (Lipinski definition) is 5. The first kappa shape index (κ1) is 10.0. The second-order valence-corrected chi connectivity index (χ2v) is 2.78. The van der Waals surface area contributed by atoms with E-state index in [1.807, 2.05) is 6.92 Å². The van der Waals surface area contributed by atoms with Gasteiger partial charge in [0.15, 0.2) is 0 Å². The van der Waals surface area contributed by atoms with E-state index in [0.717, 1.165) is 18.0 Å². The fraction of sp³-hybridized carbons (Fsp3) is 0.111. The van der Waals surface area contributed by atoms with E-state index >= 15 is 0 Å². The van der Waals surface area contributed by atoms with Gasteiger partial charge in [-0.05, 0) is 24.6 Å². The molecule has 0 aliphatic heterocycles. The lowest BCUT2D eigenvalue weighted by Gasteiger charge is -2.03. The minimum absolute atomic E-state index is 0.0915. The fourth-order valence-electron chi connectivity index (χ4n) is 1.16. The van der Waals surface area contributed by atoms with Crippen LogP contribution in [0.25, 0.3) is 0 Å². The Labute approximate surface area is 80.6 Å². The molecule has 5 nitrogen and oxygen atoms in total. The van der Waals surface area contributed by atoms with Gasteiger partial charge in [0.1, 0.15) is 5.75 Å². The molecule has 0 unspecified atom stereocenters. The average molecular weight is 194 g/mol. The number of hydrogen-bond donors (Lipinski definition) is 3. The molecule has 0 aliphatic rings. The van der Waals surface area contributed by atoms with Crippen molar-refractivity contribution in [2.75, 3.05) is 0 Å². The van der Waals surface area contributed by atoms with Crippen LogP contribution in [0.15, 0.2) is 22.4 Å². The molecule has 0 atom stereocenters. The Morgan fingerprint density at radius 1 is 1.07 bits per heavy atom. The summed E-state index contributed by atoms with van der Waals surface area (Å²) in [6.07, 6.45) is 2.22. The predicted octanol–water partition coefficient (Wildman–Crippen LogP) is 1.32. The third-order valence-electron chi connectivity index (χ3n) is 1.71. The van der Waals surface area contributed by atoms with Gasteiger partial charge in [0, 0.05) is 11.1 Å². The molecule has 0 amide bonds. The van der Waals surface area contributed by atoms with Crippen molar-refractivity contribution in [3.63, 3.8) is 0 Å². The first-order chi connectivity index (χ1) is 6.69. The molecule has 1 aromatic rings. The lowest BCUT2D eigenvalue weighted by atomic mass is 10.1. The monoisotopic (exact) mass is 194 g/mol. The van der Waals surface area contributed by atoms with Crippen LogP contribution in [-0.2, 0) is 0 Å². The van der Waals surface area contributed by atoms with E-state index < -0.39 is 0 Å². The highest BCUT2D eigenvalue weighted by molar-refractivity contribution is 5.91. The Balaban J connectivity index is 3.31. The molecule has 0 bridgehead atoms. The lowest BCUT2D eigenvalue weighted by Crippen LogP contribution is -1.91. The number of nitrogens with zero attached hydrogens (tertiary/aromatic N) is 2. The van der Waals surface area contributed by atoms with Crippen LogP contribution < -0.4 is 0 Å². The van der Waals surface area contributed by atoms with Gasteiger partial charge in [-0.15, -0.1) is 0 Å². The van der Waals surface area contributed by atoms with Crippen molar-refractivity contribution in [2.45, 2.75) is 6.92 Å². The molecule has 0 aromatic heterocycles. The van der Waals surface area contributed by atoms with Crippen LogP contribution in [0.5, 0.6) is 5.75 Å². The van der Waals surface area contributed by atoms with Crippen LogP contribution in [0.2, 0.25) is 0 Å². The van der Waals surface area contributed by atoms with Gasteiger partial charge in [-0.2, -0.15) is 0 Å². The van der Waals surface area contributed by atoms with Crippen molar-refractivity contribution < 1.29 is 15.5 Å². The normalized spacial score (nSPS) is 11.5. The van der Waals surface area contributed by atoms with Crippen LogP contribution in [0, 0.1) is 6.92 Å². The van der Waals surface area contributed by atoms with E-state index in [2.05, 4.69) is 10.3 Å². The van der Waals surface area contributed by atoms with Gasteiger partial charge in [0.25, 0.3) is 0 Å². The summed E-state index contributed by atoms with van der Waals surface area (Å²) in [5.41, 5.74) is 1.58. The number of phenolic OH excluding ortho intramolecular Hbond substituents is 1. The van der Waals surface area contributed by atoms with Gasteiger partial charge in [-0.1, -0.05) is 10.3 Å². The molecule has 0 saturated heterocycles. The highest BCUT2D eigenvalue weighted by Crippen LogP contribution is 2.21. The first-order valence-electron chi connectivity index (χ1n) is 3.87. The molecule has 5 heteroatoms. The van der Waals surface area contributed by atoms with Crippen LogP contribution in [0.4, 0.5) is 0 Å². The summed E-state index contributed by atoms with van der Waals surface area (Å²) >= 11 is 0. The van der Waals surface area contributed by atoms with Crippen molar-refractivity contribution in [3.05, 3.63) is 28.8 Å². The number of aromatic hydroxyl groups is 1. The summed E-state index contributed by atoms with van der Waals surface area (Å²) in [6.45, 7) is 1.81. The van der Waals surface area contributed by atoms with Crippen LogP contribution in [0.1, 0.15) is 16.7 Å². The SMILES string of the molecule is Cc1cc(C=NO)c(O)c(C=NO)c1. The maximum absolute atomic E-state index is 9.57. The third-order valence-corrected chi connectivity index (χ3v) is 1.71. The summed E-state index contributed by atoms with van der Waals surface area (Å²) in [5.74, 6) is -0.0915. The van der Waals surface area contributed by atoms with Crippen LogP contribution in [0.3, 0.4) is 0 Å². The van der Waals surface area contributed by atoms with Gasteiger partial charge in [-0.3, -0.25) is 0 Å². The smallest absolute Gasteiger partial charge is 0.133 e. The second-order valence-electron chi connectivity index (χ2n) is 2.78. The number of rotatable bonds is 2. The van der Waals surface area contributed by atoms with Crippen molar-refractivity contribution in [1.29, 1.82) is 0 Å². The van der Waals surface area contributed by atoms with Gasteiger partial charge in [0.2, 0.25) is 0 Å². The fourth-order valence-corrected chi connectivity index (χ4v) is 1.16. The van der Waals surface area contributed by atoms with Gasteiger partial charge in [0.05, 0.1) is 12.4 Å². The lowest BCUT2D eigenvalue weighted by molar-refractivity contribution is 0.321. The van der Waals surface area contributed by atoms with Crippen molar-refractivity contribution in [2.24, 2.45) is 10.3 Å². The Bertz CT molecular complexity index is 353. The van der Waals surface area contributed by atoms with E-state index in [-0.39, 0.29) is 5.75 Å². The highest BCUT2D eigenvalue weighted by atomic mass is 16.4. The van der Waals surface area contributed by atoms with E-state index in [4.69, 9.17) is 10.4 Å². The van der Waals surface area contributed by atoms with E-state index in [9.17, 15) is 5.11 Å². The maximum Gasteiger partial charge on any atom is 0.133 e. The molecule has 0 saturated carbocycles. The zero-order valence-electron chi connectivity index (χ0n) is 7.55. The molecule has 3 N–H and O–H groups in total. The Morgan fingerprint density at radius 3 is 1.86 bits per heavy atom. The standard InChI is InChI=1S/C9H10N2O3/c1-6-2-7(4-10-13)9(12)8(3-6)5-11-14/h2-5,12-14H,1H3. The molecular weight excluding hydrogens is 184 g/mol. The molecule has 14 heavy (non-hydrogen) atoms. The second kappa shape index (κ2) is 4.27. The number of oxime groups is 2. The Hall–Kier alpha value is -2.04. The quantitative estimate of drug-likeness (QED) is 0.377. The number of benzene rings is 1. The molecule has 1 aromatic carbocycles. The van der Waals surface area contributed by atoms with Gasteiger partial charge in [-0.25, -0.2) is 0 Å². The van der Waals surface area contributed by atoms with Crippen molar-refractivity contribution >= 4 is 12.4 Å². The third kappa shape index (κ3) is 2.01. The molecular formula is C9H10N2O3. The van der Waals surface area contributed by atoms with E-state index in [0.29, 0.717) is 11.1 Å². The minimum atomic E-state index is -0.0915. The van der Waals surface area contributed by atoms with Crippen molar-refractivity contribution in [1.82, 2.24) is 0 Å². The molecule has 74 valence electrons. The van der Waals surface area contributed by atoms with E-state index in [1.165, 1.54) is 0 Å². The summed E-state index contributed by atoms with van der Waals surface area (Å²) in [4.78, 5) is 0. The largest absolute Gasteiger partial charge is 0.507 e. The van der Waals surface area contributed by atoms with Crippen LogP contribution >= 0.6 is 0 Å². The number of phenols is 1. The summed E-state index contributed by atoms with van der Waals surface area (Å²) < 4.78 is 0. The Morgan fingerprint density at radius 2 is 1.50 bits per heavy atom. The predicted molar refractivity (Wildman–Crippen MR) is 51.6 cm³/mol. The topological polar surface area (TPSA) is 85.4 Å². The van der Waals surface area contributed by atoms with Crippen molar-refractivity contribution in [3.8, 4) is 5.75 Å².